The zero-order valence-corrected chi connectivity index (χ0v) is 30.5. The molecule has 0 aromatic heterocycles. The molecule has 3 N–H and O–H groups in total. The van der Waals surface area contributed by atoms with Crippen molar-refractivity contribution in [1.29, 1.82) is 0 Å². The number of allylic oxidation sites excluding steroid dienone is 2. The molecular weight excluding hydrogens is 649 g/mol. The Labute approximate surface area is 292 Å². The molecule has 12 heteroatoms. The number of ether oxygens (including phenoxy) is 4. The highest BCUT2D eigenvalue weighted by Gasteiger charge is 2.21. The van der Waals surface area contributed by atoms with Crippen molar-refractivity contribution >= 4 is 19.7 Å². The molecule has 0 bridgehead atoms. The molecule has 2 rings (SSSR count). The van der Waals surface area contributed by atoms with Gasteiger partial charge in [-0.3, -0.25) is 9.32 Å². The number of carbonyl (C=O) groups excluding carboxylic acids is 2. The summed E-state index contributed by atoms with van der Waals surface area (Å²) in [7, 11) is -0.366. The summed E-state index contributed by atoms with van der Waals surface area (Å²) >= 11 is 0. The Morgan fingerprint density at radius 2 is 1.35 bits per heavy atom. The molecule has 11 nitrogen and oxygen atoms in total. The first-order valence-electron chi connectivity index (χ1n) is 17.4. The van der Waals surface area contributed by atoms with Crippen molar-refractivity contribution in [3.05, 3.63) is 59.7 Å². The number of hydrogen-bond acceptors (Lipinski definition) is 8. The van der Waals surface area contributed by atoms with Gasteiger partial charge in [-0.2, -0.15) is 0 Å². The SMILES string of the molecule is CCCCCCCC/C=C\CCCCCCCC(=O)N[C@H](COP(=O)(O)O)Cc1ccc(OC(=O)c2cc(OC)c(OC)c(OC)c2)cc1. The van der Waals surface area contributed by atoms with Gasteiger partial charge in [-0.15, -0.1) is 0 Å². The van der Waals surface area contributed by atoms with Crippen LogP contribution < -0.4 is 24.3 Å². The van der Waals surface area contributed by atoms with Gasteiger partial charge in [0.05, 0.1) is 39.5 Å². The van der Waals surface area contributed by atoms with Crippen LogP contribution in [0.3, 0.4) is 0 Å². The third-order valence-electron chi connectivity index (χ3n) is 7.99. The van der Waals surface area contributed by atoms with Gasteiger partial charge in [0.15, 0.2) is 11.5 Å². The van der Waals surface area contributed by atoms with Crippen LogP contribution in [0.1, 0.15) is 113 Å². The van der Waals surface area contributed by atoms with Crippen LogP contribution in [0.2, 0.25) is 0 Å². The zero-order chi connectivity index (χ0) is 35.9. The first-order chi connectivity index (χ1) is 23.6. The largest absolute Gasteiger partial charge is 0.493 e. The van der Waals surface area contributed by atoms with Crippen molar-refractivity contribution in [2.45, 2.75) is 109 Å². The Morgan fingerprint density at radius 1 is 0.796 bits per heavy atom. The number of rotatable bonds is 26. The second-order valence-corrected chi connectivity index (χ2v) is 13.3. The smallest absolute Gasteiger partial charge is 0.469 e. The van der Waals surface area contributed by atoms with Crippen LogP contribution in [0, 0.1) is 0 Å². The summed E-state index contributed by atoms with van der Waals surface area (Å²) in [5.74, 6) is 0.413. The highest BCUT2D eigenvalue weighted by Crippen LogP contribution is 2.38. The number of unbranched alkanes of at least 4 members (excludes halogenated alkanes) is 11. The summed E-state index contributed by atoms with van der Waals surface area (Å²) in [6.45, 7) is 1.88. The van der Waals surface area contributed by atoms with Crippen LogP contribution in [-0.2, 0) is 20.3 Å². The van der Waals surface area contributed by atoms with E-state index in [0.29, 0.717) is 23.7 Å². The van der Waals surface area contributed by atoms with E-state index >= 15 is 0 Å². The van der Waals surface area contributed by atoms with E-state index in [1.165, 1.54) is 78.4 Å². The number of methoxy groups -OCH3 is 3. The Hall–Kier alpha value is -3.37. The number of esters is 1. The lowest BCUT2D eigenvalue weighted by molar-refractivity contribution is -0.122. The van der Waals surface area contributed by atoms with Gasteiger partial charge in [-0.25, -0.2) is 9.36 Å². The minimum Gasteiger partial charge on any atom is -0.493 e. The fourth-order valence-corrected chi connectivity index (χ4v) is 5.71. The number of benzene rings is 2. The van der Waals surface area contributed by atoms with Crippen LogP contribution >= 0.6 is 7.82 Å². The molecule has 2 aromatic carbocycles. The van der Waals surface area contributed by atoms with E-state index in [2.05, 4.69) is 24.4 Å². The number of phosphoric ester groups is 1. The van der Waals surface area contributed by atoms with E-state index < -0.39 is 19.8 Å². The van der Waals surface area contributed by atoms with E-state index in [-0.39, 0.29) is 30.2 Å². The van der Waals surface area contributed by atoms with Crippen molar-refractivity contribution in [3.63, 3.8) is 0 Å². The average molecular weight is 706 g/mol. The third kappa shape index (κ3) is 17.7. The normalized spacial score (nSPS) is 12.1. The summed E-state index contributed by atoms with van der Waals surface area (Å²) in [5, 5.41) is 2.85. The molecule has 0 aliphatic carbocycles. The lowest BCUT2D eigenvalue weighted by Crippen LogP contribution is -2.39. The van der Waals surface area contributed by atoms with Crippen LogP contribution in [0.15, 0.2) is 48.6 Å². The van der Waals surface area contributed by atoms with E-state index in [0.717, 1.165) is 44.1 Å². The van der Waals surface area contributed by atoms with Crippen molar-refractivity contribution in [3.8, 4) is 23.0 Å². The summed E-state index contributed by atoms with van der Waals surface area (Å²) in [6, 6.07) is 8.91. The van der Waals surface area contributed by atoms with Gasteiger partial charge >= 0.3 is 13.8 Å². The topological polar surface area (TPSA) is 150 Å². The molecule has 2 aromatic rings. The molecular formula is C37H56NO10P. The number of phosphoric acid groups is 1. The maximum atomic E-state index is 12.8. The third-order valence-corrected chi connectivity index (χ3v) is 8.48. The molecule has 0 aliphatic rings. The van der Waals surface area contributed by atoms with Crippen molar-refractivity contribution in [2.75, 3.05) is 27.9 Å². The average Bonchev–Trinajstić information content (AvgIpc) is 3.08. The van der Waals surface area contributed by atoms with Gasteiger partial charge in [-0.1, -0.05) is 82.6 Å². The number of amides is 1. The van der Waals surface area contributed by atoms with Crippen LogP contribution in [0.4, 0.5) is 0 Å². The second kappa shape index (κ2) is 23.9. The van der Waals surface area contributed by atoms with Crippen LogP contribution in [0.25, 0.3) is 0 Å². The van der Waals surface area contributed by atoms with E-state index in [4.69, 9.17) is 23.5 Å². The standard InChI is InChI=1S/C37H56NO10P/c1-5-6-7-8-9-10-11-12-13-14-15-16-17-18-19-20-35(39)38-31(28-47-49(41,42)43)25-29-21-23-32(24-22-29)48-37(40)30-26-33(44-2)36(46-4)34(27-30)45-3/h12-13,21-24,26-27,31H,5-11,14-20,25,28H2,1-4H3,(H,38,39)(H2,41,42,43)/b13-12-/t31-/m0/s1. The molecule has 49 heavy (non-hydrogen) atoms. The summed E-state index contributed by atoms with van der Waals surface area (Å²) < 4.78 is 37.5. The Kier molecular flexibility index (Phi) is 20.4. The molecule has 1 amide bonds. The van der Waals surface area contributed by atoms with Crippen molar-refractivity contribution in [2.24, 2.45) is 0 Å². The maximum Gasteiger partial charge on any atom is 0.469 e. The fourth-order valence-electron chi connectivity index (χ4n) is 5.34. The first kappa shape index (κ1) is 41.8. The van der Waals surface area contributed by atoms with Gasteiger partial charge in [0.2, 0.25) is 11.7 Å². The van der Waals surface area contributed by atoms with E-state index in [9.17, 15) is 23.9 Å². The Morgan fingerprint density at radius 3 is 1.88 bits per heavy atom. The van der Waals surface area contributed by atoms with Crippen molar-refractivity contribution < 1.29 is 47.4 Å². The molecule has 0 aliphatic heterocycles. The molecule has 0 heterocycles. The first-order valence-corrected chi connectivity index (χ1v) is 18.9. The number of carbonyl (C=O) groups is 2. The summed E-state index contributed by atoms with van der Waals surface area (Å²) in [4.78, 5) is 44.0. The quantitative estimate of drug-likeness (QED) is 0.0288. The molecule has 0 fully saturated rings. The van der Waals surface area contributed by atoms with Gasteiger partial charge in [-0.05, 0) is 68.4 Å². The minimum atomic E-state index is -4.73. The van der Waals surface area contributed by atoms with Gasteiger partial charge in [0.25, 0.3) is 0 Å². The molecule has 274 valence electrons. The molecule has 0 saturated heterocycles. The predicted molar refractivity (Wildman–Crippen MR) is 191 cm³/mol. The second-order valence-electron chi connectivity index (χ2n) is 12.0. The van der Waals surface area contributed by atoms with Gasteiger partial charge in [0.1, 0.15) is 5.75 Å². The number of nitrogens with one attached hydrogen (secondary N) is 1. The fraction of sp³-hybridized carbons (Fsp3) is 0.568. The molecule has 0 spiro atoms. The zero-order valence-electron chi connectivity index (χ0n) is 29.6. The highest BCUT2D eigenvalue weighted by atomic mass is 31.2. The molecule has 0 saturated carbocycles. The Balaban J connectivity index is 1.79. The van der Waals surface area contributed by atoms with Gasteiger partial charge in [0, 0.05) is 6.42 Å². The highest BCUT2D eigenvalue weighted by molar-refractivity contribution is 7.46. The molecule has 0 unspecified atom stereocenters. The summed E-state index contributed by atoms with van der Waals surface area (Å²) in [5.41, 5.74) is 0.940. The summed E-state index contributed by atoms with van der Waals surface area (Å²) in [6.07, 6.45) is 20.3. The predicted octanol–water partition coefficient (Wildman–Crippen LogP) is 8.11. The van der Waals surface area contributed by atoms with Crippen LogP contribution in [0.5, 0.6) is 23.0 Å². The van der Waals surface area contributed by atoms with E-state index in [1.807, 2.05) is 0 Å². The van der Waals surface area contributed by atoms with Gasteiger partial charge < -0.3 is 34.1 Å². The number of hydrogen-bond donors (Lipinski definition) is 3. The minimum absolute atomic E-state index is 0.196. The monoisotopic (exact) mass is 705 g/mol. The molecule has 1 atom stereocenters. The lowest BCUT2D eigenvalue weighted by Gasteiger charge is -2.19. The molecule has 0 radical (unpaired) electrons. The maximum absolute atomic E-state index is 12.8. The van der Waals surface area contributed by atoms with Crippen LogP contribution in [-0.4, -0.2) is 55.6 Å². The lowest BCUT2D eigenvalue weighted by atomic mass is 10.1. The Bertz CT molecular complexity index is 1300. The van der Waals surface area contributed by atoms with E-state index in [1.54, 1.807) is 24.3 Å². The van der Waals surface area contributed by atoms with Crippen molar-refractivity contribution in [1.82, 2.24) is 5.32 Å².